The third-order valence-corrected chi connectivity index (χ3v) is 4.69. The maximum absolute atomic E-state index is 9.95. The monoisotopic (exact) mass is 246 g/mol. The summed E-state index contributed by atoms with van der Waals surface area (Å²) in [5.74, 6) is -0.236. The Morgan fingerprint density at radius 3 is 2.62 bits per heavy atom. The fraction of sp³-hybridized carbons (Fsp3) is 0.900. The molecule has 1 aliphatic heterocycles. The first-order valence-electron chi connectivity index (χ1n) is 5.43. The molecule has 0 radical (unpaired) electrons. The van der Waals surface area contributed by atoms with Crippen molar-refractivity contribution in [3.63, 3.8) is 0 Å². The highest BCUT2D eigenvalue weighted by atomic mass is 32.2. The number of rotatable bonds is 1. The number of aliphatic hydroxyl groups is 3. The summed E-state index contributed by atoms with van der Waals surface area (Å²) in [6.07, 6.45) is -1.02. The number of hydrogen-bond acceptors (Lipinski definition) is 6. The summed E-state index contributed by atoms with van der Waals surface area (Å²) < 4.78 is 0. The summed E-state index contributed by atoms with van der Waals surface area (Å²) in [5.41, 5.74) is 0. The van der Waals surface area contributed by atoms with Crippen molar-refractivity contribution in [2.45, 2.75) is 29.9 Å². The van der Waals surface area contributed by atoms with Crippen molar-refractivity contribution in [2.75, 3.05) is 20.7 Å². The lowest BCUT2D eigenvalue weighted by Crippen LogP contribution is -2.51. The summed E-state index contributed by atoms with van der Waals surface area (Å²) in [4.78, 5) is 6.34. The number of thioether (sulfide) groups is 1. The smallest absolute Gasteiger partial charge is 0.159 e. The SMILES string of the molecule is CN(C)C1=N[C@H]2[C@@H](O)[C@H](O)[C@@H](CO)C[C@H]2S1. The Hall–Kier alpha value is -0.300. The summed E-state index contributed by atoms with van der Waals surface area (Å²) in [6, 6.07) is -0.236. The van der Waals surface area contributed by atoms with E-state index in [1.165, 1.54) is 0 Å². The van der Waals surface area contributed by atoms with Gasteiger partial charge in [-0.25, -0.2) is 0 Å². The van der Waals surface area contributed by atoms with Crippen LogP contribution in [0, 0.1) is 5.92 Å². The predicted octanol–water partition coefficient (Wildman–Crippen LogP) is -0.878. The van der Waals surface area contributed by atoms with Crippen molar-refractivity contribution in [1.29, 1.82) is 0 Å². The Morgan fingerprint density at radius 1 is 1.38 bits per heavy atom. The Balaban J connectivity index is 2.14. The topological polar surface area (TPSA) is 76.3 Å². The molecule has 0 unspecified atom stereocenters. The number of amidine groups is 1. The predicted molar refractivity (Wildman–Crippen MR) is 63.5 cm³/mol. The third-order valence-electron chi connectivity index (χ3n) is 3.23. The zero-order valence-electron chi connectivity index (χ0n) is 9.45. The molecular formula is C10H18N2O3S. The van der Waals surface area contributed by atoms with E-state index in [4.69, 9.17) is 5.11 Å². The maximum Gasteiger partial charge on any atom is 0.159 e. The van der Waals surface area contributed by atoms with Crippen molar-refractivity contribution in [2.24, 2.45) is 10.9 Å². The molecule has 0 amide bonds. The summed E-state index contributed by atoms with van der Waals surface area (Å²) in [7, 11) is 3.82. The van der Waals surface area contributed by atoms with Gasteiger partial charge in [-0.15, -0.1) is 0 Å². The van der Waals surface area contributed by atoms with Gasteiger partial charge in [0.1, 0.15) is 6.10 Å². The van der Waals surface area contributed by atoms with E-state index in [2.05, 4.69) is 4.99 Å². The molecule has 0 aromatic carbocycles. The van der Waals surface area contributed by atoms with Crippen LogP contribution in [0.1, 0.15) is 6.42 Å². The Kier molecular flexibility index (Phi) is 3.44. The van der Waals surface area contributed by atoms with Crippen LogP contribution in [-0.2, 0) is 0 Å². The number of fused-ring (bicyclic) bond motifs is 1. The molecule has 1 saturated carbocycles. The highest BCUT2D eigenvalue weighted by Gasteiger charge is 2.46. The van der Waals surface area contributed by atoms with Gasteiger partial charge in [-0.1, -0.05) is 11.8 Å². The molecule has 5 atom stereocenters. The average molecular weight is 246 g/mol. The lowest BCUT2D eigenvalue weighted by atomic mass is 9.81. The van der Waals surface area contributed by atoms with Gasteiger partial charge < -0.3 is 20.2 Å². The minimum absolute atomic E-state index is 0.0840. The van der Waals surface area contributed by atoms with Gasteiger partial charge in [0.25, 0.3) is 0 Å². The Bertz CT molecular complexity index is 298. The van der Waals surface area contributed by atoms with Crippen LogP contribution in [0.2, 0.25) is 0 Å². The van der Waals surface area contributed by atoms with E-state index in [0.29, 0.717) is 6.42 Å². The minimum Gasteiger partial charge on any atom is -0.396 e. The molecule has 3 N–H and O–H groups in total. The van der Waals surface area contributed by atoms with E-state index in [0.717, 1.165) is 5.17 Å². The Morgan fingerprint density at radius 2 is 2.06 bits per heavy atom. The lowest BCUT2D eigenvalue weighted by molar-refractivity contribution is -0.0646. The van der Waals surface area contributed by atoms with Crippen molar-refractivity contribution in [1.82, 2.24) is 4.90 Å². The summed E-state index contributed by atoms with van der Waals surface area (Å²) >= 11 is 1.62. The van der Waals surface area contributed by atoms with Crippen LogP contribution in [0.4, 0.5) is 0 Å². The molecule has 92 valence electrons. The number of nitrogens with zero attached hydrogens (tertiary/aromatic N) is 2. The van der Waals surface area contributed by atoms with E-state index in [1.807, 2.05) is 19.0 Å². The second kappa shape index (κ2) is 4.52. The van der Waals surface area contributed by atoms with Gasteiger partial charge in [0.15, 0.2) is 5.17 Å². The van der Waals surface area contributed by atoms with E-state index in [1.54, 1.807) is 11.8 Å². The van der Waals surface area contributed by atoms with Gasteiger partial charge in [0.2, 0.25) is 0 Å². The average Bonchev–Trinajstić information content (AvgIpc) is 2.67. The van der Waals surface area contributed by atoms with Crippen LogP contribution < -0.4 is 0 Å². The van der Waals surface area contributed by atoms with Crippen LogP contribution in [0.25, 0.3) is 0 Å². The van der Waals surface area contributed by atoms with Gasteiger partial charge >= 0.3 is 0 Å². The molecule has 2 rings (SSSR count). The van der Waals surface area contributed by atoms with Gasteiger partial charge in [0, 0.05) is 31.9 Å². The van der Waals surface area contributed by atoms with Gasteiger partial charge in [-0.3, -0.25) is 4.99 Å². The normalized spacial score (nSPS) is 42.8. The third kappa shape index (κ3) is 1.95. The van der Waals surface area contributed by atoms with Gasteiger partial charge in [-0.05, 0) is 6.42 Å². The number of hydrogen-bond donors (Lipinski definition) is 3. The summed E-state index contributed by atoms with van der Waals surface area (Å²) in [6.45, 7) is -0.0840. The second-order valence-corrected chi connectivity index (χ2v) is 5.82. The van der Waals surface area contributed by atoms with Crippen LogP contribution in [0.3, 0.4) is 0 Å². The second-order valence-electron chi connectivity index (χ2n) is 4.61. The quantitative estimate of drug-likeness (QED) is 0.560. The molecular weight excluding hydrogens is 228 g/mol. The van der Waals surface area contributed by atoms with Crippen LogP contribution in [-0.4, -0.2) is 69.6 Å². The molecule has 0 bridgehead atoms. The van der Waals surface area contributed by atoms with Crippen LogP contribution >= 0.6 is 11.8 Å². The highest BCUT2D eigenvalue weighted by Crippen LogP contribution is 2.40. The first-order valence-corrected chi connectivity index (χ1v) is 6.31. The van der Waals surface area contributed by atoms with Gasteiger partial charge in [-0.2, -0.15) is 0 Å². The first kappa shape index (κ1) is 12.2. The number of aliphatic imine (C=N–C) groups is 1. The maximum atomic E-state index is 9.95. The standard InChI is InChI=1S/C10H18N2O3S/c1-12(2)10-11-7-6(16-10)3-5(4-13)8(14)9(7)15/h5-9,13-15H,3-4H2,1-2H3/t5-,6-,7-,8-,9-/m1/s1. The number of aliphatic hydroxyl groups excluding tert-OH is 3. The van der Waals surface area contributed by atoms with Crippen molar-refractivity contribution in [3.8, 4) is 0 Å². The lowest BCUT2D eigenvalue weighted by Gasteiger charge is -2.37. The van der Waals surface area contributed by atoms with E-state index in [-0.39, 0.29) is 23.8 Å². The van der Waals surface area contributed by atoms with Gasteiger partial charge in [0.05, 0.1) is 12.1 Å². The minimum atomic E-state index is -0.864. The molecule has 0 saturated heterocycles. The van der Waals surface area contributed by atoms with Crippen molar-refractivity contribution >= 4 is 16.9 Å². The van der Waals surface area contributed by atoms with Crippen LogP contribution in [0.5, 0.6) is 0 Å². The van der Waals surface area contributed by atoms with Crippen molar-refractivity contribution < 1.29 is 15.3 Å². The fourth-order valence-electron chi connectivity index (χ4n) is 2.25. The first-order chi connectivity index (χ1) is 7.54. The van der Waals surface area contributed by atoms with Crippen LogP contribution in [0.15, 0.2) is 4.99 Å². The largest absolute Gasteiger partial charge is 0.396 e. The molecule has 1 aliphatic carbocycles. The summed E-state index contributed by atoms with van der Waals surface area (Å²) in [5, 5.41) is 30.0. The van der Waals surface area contributed by atoms with E-state index >= 15 is 0 Å². The molecule has 16 heavy (non-hydrogen) atoms. The zero-order valence-corrected chi connectivity index (χ0v) is 10.3. The fourth-order valence-corrected chi connectivity index (χ4v) is 3.62. The molecule has 5 nitrogen and oxygen atoms in total. The molecule has 0 spiro atoms. The molecule has 0 aromatic heterocycles. The highest BCUT2D eigenvalue weighted by molar-refractivity contribution is 8.14. The van der Waals surface area contributed by atoms with E-state index < -0.39 is 12.2 Å². The molecule has 1 fully saturated rings. The molecule has 0 aromatic rings. The molecule has 2 aliphatic rings. The molecule has 1 heterocycles. The molecule has 6 heteroatoms. The Labute approximate surface area is 99.2 Å². The van der Waals surface area contributed by atoms with Crippen molar-refractivity contribution in [3.05, 3.63) is 0 Å². The zero-order chi connectivity index (χ0) is 11.9. The van der Waals surface area contributed by atoms with E-state index in [9.17, 15) is 10.2 Å².